The lowest BCUT2D eigenvalue weighted by molar-refractivity contribution is -0.138. The number of primary amides is 1. The molecule has 12 nitrogen and oxygen atoms in total. The third kappa shape index (κ3) is 6.75. The number of carboxylic acids is 1. The zero-order valence-corrected chi connectivity index (χ0v) is 23.0. The Kier molecular flexibility index (Phi) is 9.68. The summed E-state index contributed by atoms with van der Waals surface area (Å²) >= 11 is 0. The minimum atomic E-state index is -1.03. The van der Waals surface area contributed by atoms with Gasteiger partial charge in [0.25, 0.3) is 0 Å². The molecule has 1 aliphatic rings. The summed E-state index contributed by atoms with van der Waals surface area (Å²) in [7, 11) is 3.86. The molecule has 212 valence electrons. The third-order valence-electron chi connectivity index (χ3n) is 7.05. The molecule has 0 saturated carbocycles. The molecule has 1 aromatic heterocycles. The van der Waals surface area contributed by atoms with Crippen LogP contribution in [0.1, 0.15) is 52.9 Å². The average molecular weight is 543 g/mol. The van der Waals surface area contributed by atoms with Crippen molar-refractivity contribution in [1.82, 2.24) is 19.7 Å². The average Bonchev–Trinajstić information content (AvgIpc) is 2.89. The van der Waals surface area contributed by atoms with Gasteiger partial charge in [-0.1, -0.05) is 0 Å². The number of carbonyl (C=O) groups excluding carboxylic acids is 3. The van der Waals surface area contributed by atoms with E-state index >= 15 is 0 Å². The van der Waals surface area contributed by atoms with Crippen LogP contribution in [0.4, 0.5) is 10.5 Å². The fraction of sp³-hybridized carbons (Fsp3) is 0.519. The van der Waals surface area contributed by atoms with Crippen LogP contribution in [0.15, 0.2) is 12.1 Å². The number of rotatable bonds is 10. The summed E-state index contributed by atoms with van der Waals surface area (Å²) in [5.41, 5.74) is 15.2. The van der Waals surface area contributed by atoms with E-state index in [0.29, 0.717) is 53.8 Å². The Bertz CT molecular complexity index is 1260. The van der Waals surface area contributed by atoms with Crippen molar-refractivity contribution >= 4 is 40.5 Å². The van der Waals surface area contributed by atoms with Gasteiger partial charge in [-0.15, -0.1) is 0 Å². The molecule has 1 fully saturated rings. The number of fused-ring (bicyclic) bond motifs is 1. The van der Waals surface area contributed by atoms with Gasteiger partial charge in [-0.05, 0) is 64.0 Å². The number of benzene rings is 1. The molecule has 1 aliphatic heterocycles. The van der Waals surface area contributed by atoms with Crippen molar-refractivity contribution in [2.75, 3.05) is 59.2 Å². The van der Waals surface area contributed by atoms with E-state index in [0.717, 1.165) is 5.56 Å². The highest BCUT2D eigenvalue weighted by molar-refractivity contribution is 6.02. The Labute approximate surface area is 227 Å². The minimum absolute atomic E-state index is 0.0151. The van der Waals surface area contributed by atoms with Crippen LogP contribution in [0.25, 0.3) is 10.9 Å². The number of carboxylic acid groups (broad SMARTS) is 1. The molecule has 12 heteroatoms. The van der Waals surface area contributed by atoms with Crippen molar-refractivity contribution in [3.63, 3.8) is 0 Å². The summed E-state index contributed by atoms with van der Waals surface area (Å²) in [6.07, 6.45) is -0.118. The number of carbonyl (C=O) groups is 4. The van der Waals surface area contributed by atoms with Gasteiger partial charge in [0.1, 0.15) is 0 Å². The lowest BCUT2D eigenvalue weighted by Gasteiger charge is -2.36. The van der Waals surface area contributed by atoms with Crippen molar-refractivity contribution in [2.45, 2.75) is 39.0 Å². The highest BCUT2D eigenvalue weighted by Gasteiger charge is 2.33. The third-order valence-corrected chi connectivity index (χ3v) is 7.05. The van der Waals surface area contributed by atoms with Gasteiger partial charge in [-0.25, -0.2) is 9.78 Å². The predicted molar refractivity (Wildman–Crippen MR) is 146 cm³/mol. The van der Waals surface area contributed by atoms with Crippen molar-refractivity contribution in [3.8, 4) is 0 Å². The number of nitrogen functional groups attached to an aromatic ring is 1. The number of aryl methyl sites for hydroxylation is 1. The van der Waals surface area contributed by atoms with E-state index in [1.54, 1.807) is 24.0 Å². The maximum atomic E-state index is 13.7. The minimum Gasteiger partial charge on any atom is -0.481 e. The number of likely N-dealkylation sites (N-methyl/N-ethyl adjacent to an activating group) is 1. The van der Waals surface area contributed by atoms with Crippen LogP contribution >= 0.6 is 0 Å². The van der Waals surface area contributed by atoms with E-state index in [-0.39, 0.29) is 44.1 Å². The number of amides is 3. The number of pyridine rings is 1. The quantitative estimate of drug-likeness (QED) is 0.403. The lowest BCUT2D eigenvalue weighted by atomic mass is 9.90. The first kappa shape index (κ1) is 29.6. The number of aromatic nitrogens is 1. The summed E-state index contributed by atoms with van der Waals surface area (Å²) in [6.45, 7) is 5.64. The van der Waals surface area contributed by atoms with E-state index in [1.807, 2.05) is 25.9 Å². The molecule has 1 atom stereocenters. The molecule has 0 bridgehead atoms. The molecule has 39 heavy (non-hydrogen) atoms. The first-order valence-electron chi connectivity index (χ1n) is 13.0. The van der Waals surface area contributed by atoms with E-state index in [2.05, 4.69) is 0 Å². The van der Waals surface area contributed by atoms with Crippen LogP contribution in [-0.2, 0) is 20.7 Å². The topological polar surface area (TPSA) is 172 Å². The number of ether oxygens (including phenoxy) is 1. The SMILES string of the molecule is CCOC(=O)N1CCN(C(=O)C(CCC(=O)O)c2nc3ccc(C(N)=O)c(CCN(C)C)c3c(C)c2N)CC1. The molecule has 1 aromatic carbocycles. The van der Waals surface area contributed by atoms with Crippen LogP contribution in [0, 0.1) is 6.92 Å². The predicted octanol–water partition coefficient (Wildman–Crippen LogP) is 1.58. The summed E-state index contributed by atoms with van der Waals surface area (Å²) in [4.78, 5) is 59.4. The molecule has 1 unspecified atom stereocenters. The largest absolute Gasteiger partial charge is 0.481 e. The van der Waals surface area contributed by atoms with E-state index in [9.17, 15) is 24.3 Å². The number of aliphatic carboxylic acids is 1. The Morgan fingerprint density at radius 2 is 1.77 bits per heavy atom. The Hall–Kier alpha value is -3.93. The molecule has 5 N–H and O–H groups in total. The van der Waals surface area contributed by atoms with Gasteiger partial charge in [-0.3, -0.25) is 14.4 Å². The fourth-order valence-corrected chi connectivity index (χ4v) is 4.94. The van der Waals surface area contributed by atoms with Gasteiger partial charge >= 0.3 is 12.1 Å². The normalized spacial score (nSPS) is 14.5. The molecule has 0 radical (unpaired) electrons. The van der Waals surface area contributed by atoms with Crippen molar-refractivity contribution in [1.29, 1.82) is 0 Å². The monoisotopic (exact) mass is 542 g/mol. The molecule has 3 amide bonds. The second kappa shape index (κ2) is 12.7. The highest BCUT2D eigenvalue weighted by Crippen LogP contribution is 2.35. The molecular formula is C27H38N6O6. The first-order valence-corrected chi connectivity index (χ1v) is 13.0. The molecular weight excluding hydrogens is 504 g/mol. The second-order valence-electron chi connectivity index (χ2n) is 9.94. The molecule has 2 aromatic rings. The van der Waals surface area contributed by atoms with Crippen molar-refractivity contribution < 1.29 is 29.0 Å². The van der Waals surface area contributed by atoms with E-state index < -0.39 is 23.9 Å². The maximum Gasteiger partial charge on any atom is 0.409 e. The Morgan fingerprint density at radius 1 is 1.13 bits per heavy atom. The smallest absolute Gasteiger partial charge is 0.409 e. The zero-order valence-electron chi connectivity index (χ0n) is 23.0. The second-order valence-corrected chi connectivity index (χ2v) is 9.94. The van der Waals surface area contributed by atoms with Crippen LogP contribution in [0.2, 0.25) is 0 Å². The standard InChI is InChI=1S/C27H38N6O6/c1-5-39-27(38)33-14-12-32(13-15-33)26(37)19(7-9-21(34)35)24-23(28)16(2)22-17(10-11-31(3)4)18(25(29)36)6-8-20(22)30-24/h6,8,19H,5,7,9-15,28H2,1-4H3,(H2,29,36)(H,34,35). The van der Waals surface area contributed by atoms with Gasteiger partial charge in [-0.2, -0.15) is 0 Å². The van der Waals surface area contributed by atoms with Gasteiger partial charge in [0.15, 0.2) is 0 Å². The first-order chi connectivity index (χ1) is 18.5. The number of nitrogens with zero attached hydrogens (tertiary/aromatic N) is 4. The molecule has 2 heterocycles. The summed E-state index contributed by atoms with van der Waals surface area (Å²) in [6, 6.07) is 3.31. The molecule has 1 saturated heterocycles. The van der Waals surface area contributed by atoms with Crippen molar-refractivity contribution in [2.24, 2.45) is 5.73 Å². The van der Waals surface area contributed by atoms with Crippen LogP contribution < -0.4 is 11.5 Å². The number of hydrogen-bond acceptors (Lipinski definition) is 8. The fourth-order valence-electron chi connectivity index (χ4n) is 4.94. The number of hydrogen-bond donors (Lipinski definition) is 3. The lowest BCUT2D eigenvalue weighted by Crippen LogP contribution is -2.51. The summed E-state index contributed by atoms with van der Waals surface area (Å²) in [5.74, 6) is -2.77. The maximum absolute atomic E-state index is 13.7. The van der Waals surface area contributed by atoms with Gasteiger partial charge in [0, 0.05) is 50.1 Å². The van der Waals surface area contributed by atoms with E-state index in [1.165, 1.54) is 4.90 Å². The number of anilines is 1. The Balaban J connectivity index is 2.03. The highest BCUT2D eigenvalue weighted by atomic mass is 16.6. The Morgan fingerprint density at radius 3 is 2.33 bits per heavy atom. The number of nitrogens with two attached hydrogens (primary N) is 2. The molecule has 0 aliphatic carbocycles. The number of piperazine rings is 1. The van der Waals surface area contributed by atoms with E-state index in [4.69, 9.17) is 21.2 Å². The van der Waals surface area contributed by atoms with Crippen molar-refractivity contribution in [3.05, 3.63) is 34.5 Å². The van der Waals surface area contributed by atoms with Crippen LogP contribution in [0.5, 0.6) is 0 Å². The summed E-state index contributed by atoms with van der Waals surface area (Å²) < 4.78 is 5.05. The summed E-state index contributed by atoms with van der Waals surface area (Å²) in [5, 5.41) is 10.1. The van der Waals surface area contributed by atoms with Gasteiger partial charge < -0.3 is 36.0 Å². The zero-order chi connectivity index (χ0) is 28.9. The van der Waals surface area contributed by atoms with Crippen LogP contribution in [-0.4, -0.2) is 102 Å². The van der Waals surface area contributed by atoms with Gasteiger partial charge in [0.05, 0.1) is 29.4 Å². The molecule has 0 spiro atoms. The van der Waals surface area contributed by atoms with Crippen LogP contribution in [0.3, 0.4) is 0 Å². The molecule has 3 rings (SSSR count). The van der Waals surface area contributed by atoms with Gasteiger partial charge in [0.2, 0.25) is 11.8 Å².